The third-order valence-electron chi connectivity index (χ3n) is 5.54. The number of rotatable bonds is 3. The van der Waals surface area contributed by atoms with E-state index in [4.69, 9.17) is 11.6 Å². The van der Waals surface area contributed by atoms with Crippen molar-refractivity contribution in [3.05, 3.63) is 35.5 Å². The Morgan fingerprint density at radius 3 is 2.87 bits per heavy atom. The van der Waals surface area contributed by atoms with Crippen LogP contribution in [0.2, 0.25) is 5.02 Å². The molecule has 0 bridgehead atoms. The van der Waals surface area contributed by atoms with Gasteiger partial charge < -0.3 is 4.57 Å². The highest BCUT2D eigenvalue weighted by atomic mass is 35.5. The van der Waals surface area contributed by atoms with Gasteiger partial charge in [-0.25, -0.2) is 0 Å². The van der Waals surface area contributed by atoms with E-state index >= 15 is 0 Å². The Hall–Kier alpha value is -1.03. The zero-order valence-electron chi connectivity index (χ0n) is 13.8. The molecule has 1 unspecified atom stereocenters. The summed E-state index contributed by atoms with van der Waals surface area (Å²) in [6.45, 7) is 5.86. The van der Waals surface area contributed by atoms with Crippen LogP contribution in [0.1, 0.15) is 32.1 Å². The number of aromatic nitrogens is 1. The highest BCUT2D eigenvalue weighted by molar-refractivity contribution is 6.31. The van der Waals surface area contributed by atoms with Gasteiger partial charge in [-0.3, -0.25) is 9.80 Å². The van der Waals surface area contributed by atoms with Gasteiger partial charge in [0.15, 0.2) is 0 Å². The minimum absolute atomic E-state index is 0.823. The quantitative estimate of drug-likeness (QED) is 0.835. The molecular weight excluding hydrogens is 306 g/mol. The SMILES string of the molecule is Clc1ccc2ccn(CCN3CCCC4CCCCN4C3)c2c1. The molecule has 2 aliphatic heterocycles. The maximum Gasteiger partial charge on any atom is 0.0509 e. The van der Waals surface area contributed by atoms with Gasteiger partial charge in [0.2, 0.25) is 0 Å². The molecule has 2 aliphatic rings. The summed E-state index contributed by atoms with van der Waals surface area (Å²) in [5, 5.41) is 2.10. The summed E-state index contributed by atoms with van der Waals surface area (Å²) in [6.07, 6.45) is 9.15. The summed E-state index contributed by atoms with van der Waals surface area (Å²) in [5.41, 5.74) is 1.25. The Morgan fingerprint density at radius 1 is 1.00 bits per heavy atom. The first-order chi connectivity index (χ1) is 11.3. The van der Waals surface area contributed by atoms with E-state index in [0.717, 1.165) is 30.8 Å². The molecule has 0 spiro atoms. The second-order valence-corrected chi connectivity index (χ2v) is 7.51. The second-order valence-electron chi connectivity index (χ2n) is 7.08. The van der Waals surface area contributed by atoms with E-state index in [9.17, 15) is 0 Å². The lowest BCUT2D eigenvalue weighted by atomic mass is 9.99. The maximum atomic E-state index is 6.16. The molecule has 0 amide bonds. The van der Waals surface area contributed by atoms with Crippen molar-refractivity contribution >= 4 is 22.5 Å². The Kier molecular flexibility index (Phi) is 4.61. The molecule has 2 aromatic rings. The number of benzene rings is 1. The fourth-order valence-corrected chi connectivity index (χ4v) is 4.40. The molecule has 1 atom stereocenters. The molecule has 4 rings (SSSR count). The van der Waals surface area contributed by atoms with Gasteiger partial charge in [0.1, 0.15) is 0 Å². The van der Waals surface area contributed by atoms with E-state index < -0.39 is 0 Å². The summed E-state index contributed by atoms with van der Waals surface area (Å²) in [7, 11) is 0. The lowest BCUT2D eigenvalue weighted by Crippen LogP contribution is -2.44. The van der Waals surface area contributed by atoms with Crippen molar-refractivity contribution in [3.8, 4) is 0 Å². The largest absolute Gasteiger partial charge is 0.346 e. The van der Waals surface area contributed by atoms with Crippen LogP contribution in [0.5, 0.6) is 0 Å². The zero-order chi connectivity index (χ0) is 15.6. The topological polar surface area (TPSA) is 11.4 Å². The standard InChI is InChI=1S/C19H26ClN3/c20-17-7-6-16-8-11-22(19(16)14-17)13-12-21-9-3-5-18-4-1-2-10-23(18)15-21/h6-8,11,14,18H,1-5,9-10,12-13,15H2. The highest BCUT2D eigenvalue weighted by Gasteiger charge is 2.26. The average Bonchev–Trinajstić information content (AvgIpc) is 2.83. The number of nitrogens with zero attached hydrogens (tertiary/aromatic N) is 3. The van der Waals surface area contributed by atoms with E-state index in [1.165, 1.54) is 56.1 Å². The van der Waals surface area contributed by atoms with Crippen molar-refractivity contribution in [1.82, 2.24) is 14.4 Å². The van der Waals surface area contributed by atoms with E-state index in [1.807, 2.05) is 6.07 Å². The molecule has 2 saturated heterocycles. The van der Waals surface area contributed by atoms with Crippen LogP contribution in [0.25, 0.3) is 10.9 Å². The molecule has 2 fully saturated rings. The van der Waals surface area contributed by atoms with E-state index in [0.29, 0.717) is 0 Å². The van der Waals surface area contributed by atoms with Crippen LogP contribution in [0, 0.1) is 0 Å². The number of hydrogen-bond donors (Lipinski definition) is 0. The molecule has 3 nitrogen and oxygen atoms in total. The van der Waals surface area contributed by atoms with Crippen molar-refractivity contribution in [2.24, 2.45) is 0 Å². The summed E-state index contributed by atoms with van der Waals surface area (Å²) < 4.78 is 2.35. The first-order valence-corrected chi connectivity index (χ1v) is 9.38. The summed E-state index contributed by atoms with van der Waals surface area (Å²) in [6, 6.07) is 9.20. The minimum Gasteiger partial charge on any atom is -0.346 e. The molecule has 23 heavy (non-hydrogen) atoms. The van der Waals surface area contributed by atoms with Crippen LogP contribution < -0.4 is 0 Å². The van der Waals surface area contributed by atoms with Gasteiger partial charge in [-0.05, 0) is 62.4 Å². The van der Waals surface area contributed by atoms with Gasteiger partial charge >= 0.3 is 0 Å². The number of hydrogen-bond acceptors (Lipinski definition) is 2. The molecule has 0 N–H and O–H groups in total. The van der Waals surface area contributed by atoms with Gasteiger partial charge in [0.05, 0.1) is 6.67 Å². The summed E-state index contributed by atoms with van der Waals surface area (Å²) in [4.78, 5) is 5.36. The van der Waals surface area contributed by atoms with Gasteiger partial charge in [0, 0.05) is 35.9 Å². The van der Waals surface area contributed by atoms with Crippen LogP contribution in [-0.4, -0.2) is 46.7 Å². The Balaban J connectivity index is 1.42. The van der Waals surface area contributed by atoms with Crippen LogP contribution in [0.3, 0.4) is 0 Å². The smallest absolute Gasteiger partial charge is 0.0509 e. The first kappa shape index (κ1) is 15.5. The molecule has 124 valence electrons. The van der Waals surface area contributed by atoms with Crippen LogP contribution in [0.4, 0.5) is 0 Å². The van der Waals surface area contributed by atoms with Crippen LogP contribution in [-0.2, 0) is 6.54 Å². The lowest BCUT2D eigenvalue weighted by molar-refractivity contribution is 0.0872. The molecule has 0 saturated carbocycles. The van der Waals surface area contributed by atoms with Crippen molar-refractivity contribution in [1.29, 1.82) is 0 Å². The summed E-state index contributed by atoms with van der Waals surface area (Å²) in [5.74, 6) is 0. The van der Waals surface area contributed by atoms with Gasteiger partial charge in [0.25, 0.3) is 0 Å². The van der Waals surface area contributed by atoms with Crippen LogP contribution >= 0.6 is 11.6 Å². The molecule has 0 aliphatic carbocycles. The number of fused-ring (bicyclic) bond motifs is 2. The Bertz CT molecular complexity index is 666. The van der Waals surface area contributed by atoms with Gasteiger partial charge in [-0.1, -0.05) is 24.1 Å². The predicted octanol–water partition coefficient (Wildman–Crippen LogP) is 4.20. The van der Waals surface area contributed by atoms with E-state index in [-0.39, 0.29) is 0 Å². The second kappa shape index (κ2) is 6.84. The third kappa shape index (κ3) is 3.42. The van der Waals surface area contributed by atoms with E-state index in [2.05, 4.69) is 38.8 Å². The molecule has 3 heterocycles. The van der Waals surface area contributed by atoms with Gasteiger partial charge in [-0.15, -0.1) is 0 Å². The average molecular weight is 332 g/mol. The number of piperidine rings is 1. The van der Waals surface area contributed by atoms with Crippen molar-refractivity contribution in [2.45, 2.75) is 44.7 Å². The first-order valence-electron chi connectivity index (χ1n) is 9.00. The Morgan fingerprint density at radius 2 is 1.91 bits per heavy atom. The van der Waals surface area contributed by atoms with Crippen LogP contribution in [0.15, 0.2) is 30.5 Å². The number of halogens is 1. The minimum atomic E-state index is 0.823. The predicted molar refractivity (Wildman–Crippen MR) is 97.0 cm³/mol. The molecule has 1 aromatic carbocycles. The zero-order valence-corrected chi connectivity index (χ0v) is 14.5. The van der Waals surface area contributed by atoms with E-state index in [1.54, 1.807) is 0 Å². The fraction of sp³-hybridized carbons (Fsp3) is 0.579. The normalized spacial score (nSPS) is 23.8. The lowest BCUT2D eigenvalue weighted by Gasteiger charge is -2.36. The van der Waals surface area contributed by atoms with Crippen molar-refractivity contribution in [2.75, 3.05) is 26.3 Å². The molecule has 1 aromatic heterocycles. The summed E-state index contributed by atoms with van der Waals surface area (Å²) >= 11 is 6.16. The fourth-order valence-electron chi connectivity index (χ4n) is 4.23. The highest BCUT2D eigenvalue weighted by Crippen LogP contribution is 2.24. The molecule has 4 heteroatoms. The Labute approximate surface area is 143 Å². The van der Waals surface area contributed by atoms with Gasteiger partial charge in [-0.2, -0.15) is 0 Å². The molecule has 0 radical (unpaired) electrons. The molecular formula is C19H26ClN3. The third-order valence-corrected chi connectivity index (χ3v) is 5.77. The maximum absolute atomic E-state index is 6.16. The van der Waals surface area contributed by atoms with Crippen molar-refractivity contribution < 1.29 is 0 Å². The monoisotopic (exact) mass is 331 g/mol. The van der Waals surface area contributed by atoms with Crippen molar-refractivity contribution in [3.63, 3.8) is 0 Å².